The summed E-state index contributed by atoms with van der Waals surface area (Å²) in [7, 11) is 0. The van der Waals surface area contributed by atoms with Gasteiger partial charge in [-0.25, -0.2) is 0 Å². The van der Waals surface area contributed by atoms with Crippen LogP contribution in [-0.4, -0.2) is 24.7 Å². The van der Waals surface area contributed by atoms with Gasteiger partial charge in [0.2, 0.25) is 5.91 Å². The molecule has 1 aliphatic rings. The molecule has 3 N–H and O–H groups in total. The minimum atomic E-state index is -0.503. The van der Waals surface area contributed by atoms with E-state index in [9.17, 15) is 4.79 Å². The van der Waals surface area contributed by atoms with Crippen LogP contribution >= 0.6 is 0 Å². The van der Waals surface area contributed by atoms with Gasteiger partial charge in [-0.15, -0.1) is 0 Å². The van der Waals surface area contributed by atoms with Crippen molar-refractivity contribution in [2.45, 2.75) is 38.8 Å². The SMILES string of the molecule is CC(NC(=O)CC(C)(C)N)c1ccc2c(c1)OCCO2. The molecule has 0 spiro atoms. The average Bonchev–Trinajstić information content (AvgIpc) is 2.35. The molecule has 5 nitrogen and oxygen atoms in total. The van der Waals surface area contributed by atoms with Crippen LogP contribution < -0.4 is 20.5 Å². The highest BCUT2D eigenvalue weighted by molar-refractivity contribution is 5.77. The number of ether oxygens (including phenoxy) is 2. The third-order valence-electron chi connectivity index (χ3n) is 3.06. The number of nitrogens with one attached hydrogen (secondary N) is 1. The van der Waals surface area contributed by atoms with Crippen molar-refractivity contribution in [3.8, 4) is 11.5 Å². The predicted molar refractivity (Wildman–Crippen MR) is 76.9 cm³/mol. The van der Waals surface area contributed by atoms with Crippen LogP contribution in [0.1, 0.15) is 38.8 Å². The Balaban J connectivity index is 2.02. The van der Waals surface area contributed by atoms with Crippen molar-refractivity contribution in [3.63, 3.8) is 0 Å². The molecule has 5 heteroatoms. The largest absolute Gasteiger partial charge is 0.486 e. The number of amides is 1. The summed E-state index contributed by atoms with van der Waals surface area (Å²) in [6.45, 7) is 6.73. The number of nitrogens with two attached hydrogens (primary N) is 1. The van der Waals surface area contributed by atoms with Gasteiger partial charge >= 0.3 is 0 Å². The summed E-state index contributed by atoms with van der Waals surface area (Å²) in [5.41, 5.74) is 6.32. The molecule has 1 aliphatic heterocycles. The number of carbonyl (C=O) groups is 1. The summed E-state index contributed by atoms with van der Waals surface area (Å²) < 4.78 is 11.0. The van der Waals surface area contributed by atoms with E-state index in [0.717, 1.165) is 17.1 Å². The first kappa shape index (κ1) is 14.7. The molecule has 1 aromatic carbocycles. The Morgan fingerprint density at radius 1 is 1.35 bits per heavy atom. The van der Waals surface area contributed by atoms with Gasteiger partial charge in [0.15, 0.2) is 11.5 Å². The molecule has 1 heterocycles. The fourth-order valence-electron chi connectivity index (χ4n) is 2.12. The summed E-state index contributed by atoms with van der Waals surface area (Å²) in [6.07, 6.45) is 0.294. The number of hydrogen-bond donors (Lipinski definition) is 2. The lowest BCUT2D eigenvalue weighted by Crippen LogP contribution is -2.39. The number of benzene rings is 1. The molecule has 0 saturated carbocycles. The lowest BCUT2D eigenvalue weighted by Gasteiger charge is -2.22. The van der Waals surface area contributed by atoms with Gasteiger partial charge in [0.25, 0.3) is 0 Å². The molecular formula is C15H22N2O3. The van der Waals surface area contributed by atoms with Crippen LogP contribution in [0.5, 0.6) is 11.5 Å². The molecule has 0 saturated heterocycles. The van der Waals surface area contributed by atoms with Gasteiger partial charge in [-0.1, -0.05) is 6.07 Å². The quantitative estimate of drug-likeness (QED) is 0.880. The van der Waals surface area contributed by atoms with Crippen molar-refractivity contribution < 1.29 is 14.3 Å². The Morgan fingerprint density at radius 3 is 2.65 bits per heavy atom. The van der Waals surface area contributed by atoms with E-state index >= 15 is 0 Å². The summed E-state index contributed by atoms with van der Waals surface area (Å²) >= 11 is 0. The van der Waals surface area contributed by atoms with Gasteiger partial charge < -0.3 is 20.5 Å². The predicted octanol–water partition coefficient (Wildman–Crippen LogP) is 1.76. The highest BCUT2D eigenvalue weighted by Crippen LogP contribution is 2.32. The second-order valence-corrected chi connectivity index (χ2v) is 5.86. The monoisotopic (exact) mass is 278 g/mol. The van der Waals surface area contributed by atoms with Gasteiger partial charge in [-0.3, -0.25) is 4.79 Å². The van der Waals surface area contributed by atoms with Crippen LogP contribution in [-0.2, 0) is 4.79 Å². The molecule has 20 heavy (non-hydrogen) atoms. The molecular weight excluding hydrogens is 256 g/mol. The molecule has 1 amide bonds. The standard InChI is InChI=1S/C15H22N2O3/c1-10(17-14(18)9-15(2,3)16)11-4-5-12-13(8-11)20-7-6-19-12/h4-5,8,10H,6-7,9,16H2,1-3H3,(H,17,18). The zero-order valence-electron chi connectivity index (χ0n) is 12.2. The van der Waals surface area contributed by atoms with E-state index in [1.807, 2.05) is 39.0 Å². The van der Waals surface area contributed by atoms with Gasteiger partial charge in [0.1, 0.15) is 13.2 Å². The molecule has 0 fully saturated rings. The van der Waals surface area contributed by atoms with E-state index < -0.39 is 5.54 Å². The Kier molecular flexibility index (Phi) is 4.18. The van der Waals surface area contributed by atoms with E-state index in [-0.39, 0.29) is 11.9 Å². The number of carbonyl (C=O) groups excluding carboxylic acids is 1. The first-order chi connectivity index (χ1) is 9.35. The van der Waals surface area contributed by atoms with E-state index in [4.69, 9.17) is 15.2 Å². The van der Waals surface area contributed by atoms with E-state index in [1.165, 1.54) is 0 Å². The van der Waals surface area contributed by atoms with Gasteiger partial charge in [-0.05, 0) is 38.5 Å². The first-order valence-corrected chi connectivity index (χ1v) is 6.83. The maximum absolute atomic E-state index is 11.9. The average molecular weight is 278 g/mol. The molecule has 1 atom stereocenters. The van der Waals surface area contributed by atoms with Crippen molar-refractivity contribution in [2.24, 2.45) is 5.73 Å². The lowest BCUT2D eigenvalue weighted by atomic mass is 10.0. The molecule has 1 unspecified atom stereocenters. The maximum atomic E-state index is 11.9. The van der Waals surface area contributed by atoms with Crippen molar-refractivity contribution >= 4 is 5.91 Å². The number of fused-ring (bicyclic) bond motifs is 1. The summed E-state index contributed by atoms with van der Waals surface area (Å²) in [6, 6.07) is 5.62. The number of hydrogen-bond acceptors (Lipinski definition) is 4. The third-order valence-corrected chi connectivity index (χ3v) is 3.06. The van der Waals surface area contributed by atoms with E-state index in [2.05, 4.69) is 5.32 Å². The zero-order chi connectivity index (χ0) is 14.8. The van der Waals surface area contributed by atoms with Crippen LogP contribution in [0.3, 0.4) is 0 Å². The van der Waals surface area contributed by atoms with Gasteiger partial charge in [-0.2, -0.15) is 0 Å². The fourth-order valence-corrected chi connectivity index (χ4v) is 2.12. The molecule has 0 aliphatic carbocycles. The summed E-state index contributed by atoms with van der Waals surface area (Å²) in [4.78, 5) is 11.9. The Bertz CT molecular complexity index is 494. The minimum absolute atomic E-state index is 0.0557. The topological polar surface area (TPSA) is 73.6 Å². The lowest BCUT2D eigenvalue weighted by molar-refractivity contribution is -0.122. The van der Waals surface area contributed by atoms with Gasteiger partial charge in [0, 0.05) is 12.0 Å². The first-order valence-electron chi connectivity index (χ1n) is 6.83. The summed E-state index contributed by atoms with van der Waals surface area (Å²) in [5.74, 6) is 1.43. The Hall–Kier alpha value is -1.75. The summed E-state index contributed by atoms with van der Waals surface area (Å²) in [5, 5.41) is 2.94. The van der Waals surface area contributed by atoms with E-state index in [1.54, 1.807) is 0 Å². The van der Waals surface area contributed by atoms with Gasteiger partial charge in [0.05, 0.1) is 6.04 Å². The third kappa shape index (κ3) is 3.87. The Labute approximate surface area is 119 Å². The van der Waals surface area contributed by atoms with E-state index in [0.29, 0.717) is 19.6 Å². The molecule has 2 rings (SSSR count). The molecule has 0 bridgehead atoms. The van der Waals surface area contributed by atoms with Crippen molar-refractivity contribution in [1.29, 1.82) is 0 Å². The molecule has 110 valence electrons. The van der Waals surface area contributed by atoms with Crippen LogP contribution in [0.2, 0.25) is 0 Å². The van der Waals surface area contributed by atoms with Crippen molar-refractivity contribution in [2.75, 3.05) is 13.2 Å². The zero-order valence-corrected chi connectivity index (χ0v) is 12.2. The van der Waals surface area contributed by atoms with Crippen molar-refractivity contribution in [1.82, 2.24) is 5.32 Å². The van der Waals surface area contributed by atoms with Crippen molar-refractivity contribution in [3.05, 3.63) is 23.8 Å². The minimum Gasteiger partial charge on any atom is -0.486 e. The van der Waals surface area contributed by atoms with Crippen LogP contribution in [0.15, 0.2) is 18.2 Å². The smallest absolute Gasteiger partial charge is 0.222 e. The Morgan fingerprint density at radius 2 is 2.00 bits per heavy atom. The highest BCUT2D eigenvalue weighted by atomic mass is 16.6. The molecule has 0 radical (unpaired) electrons. The maximum Gasteiger partial charge on any atom is 0.222 e. The van der Waals surface area contributed by atoms with Crippen LogP contribution in [0, 0.1) is 0 Å². The molecule has 1 aromatic rings. The molecule has 0 aromatic heterocycles. The number of rotatable bonds is 4. The second kappa shape index (κ2) is 5.71. The fraction of sp³-hybridized carbons (Fsp3) is 0.533. The van der Waals surface area contributed by atoms with Crippen LogP contribution in [0.4, 0.5) is 0 Å². The normalized spacial score (nSPS) is 15.6. The van der Waals surface area contributed by atoms with Crippen LogP contribution in [0.25, 0.3) is 0 Å². The highest BCUT2D eigenvalue weighted by Gasteiger charge is 2.19. The second-order valence-electron chi connectivity index (χ2n) is 5.86.